The van der Waals surface area contributed by atoms with Crippen LogP contribution in [0.5, 0.6) is 0 Å². The van der Waals surface area contributed by atoms with Crippen molar-refractivity contribution in [1.82, 2.24) is 0 Å². The maximum atomic E-state index is 12.6. The summed E-state index contributed by atoms with van der Waals surface area (Å²) < 4.78 is 0. The van der Waals surface area contributed by atoms with Gasteiger partial charge >= 0.3 is 0 Å². The Bertz CT molecular complexity index is 677. The van der Waals surface area contributed by atoms with Crippen molar-refractivity contribution in [3.8, 4) is 0 Å². The summed E-state index contributed by atoms with van der Waals surface area (Å²) in [6, 6.07) is 11.8. The molecule has 0 heterocycles. The van der Waals surface area contributed by atoms with Crippen LogP contribution in [0, 0.1) is 20.8 Å². The van der Waals surface area contributed by atoms with Crippen molar-refractivity contribution in [3.05, 3.63) is 58.7 Å². The highest BCUT2D eigenvalue weighted by molar-refractivity contribution is 6.06. The van der Waals surface area contributed by atoms with Crippen LogP contribution in [0.15, 0.2) is 36.4 Å². The van der Waals surface area contributed by atoms with Crippen LogP contribution in [0.25, 0.3) is 0 Å². The zero-order chi connectivity index (χ0) is 15.6. The quantitative estimate of drug-likeness (QED) is 0.925. The minimum absolute atomic E-state index is 0.00714. The van der Waals surface area contributed by atoms with Crippen molar-refractivity contribution >= 4 is 17.3 Å². The molecule has 1 amide bonds. The van der Waals surface area contributed by atoms with Gasteiger partial charge in [-0.1, -0.05) is 17.7 Å². The standard InChI is InChI=1S/C18H22N2O/c1-12-6-9-17(14(3)10-12)20(5)18(21)15-7-8-16(19-4)13(2)11-15/h6-11,19H,1-5H3. The Morgan fingerprint density at radius 1 is 1.00 bits per heavy atom. The molecule has 0 aliphatic heterocycles. The molecule has 0 fully saturated rings. The predicted octanol–water partition coefficient (Wildman–Crippen LogP) is 3.93. The van der Waals surface area contributed by atoms with Gasteiger partial charge in [0.1, 0.15) is 0 Å². The minimum atomic E-state index is 0.00714. The fraction of sp³-hybridized carbons (Fsp3) is 0.278. The first-order valence-electron chi connectivity index (χ1n) is 7.07. The maximum absolute atomic E-state index is 12.6. The molecule has 0 aliphatic carbocycles. The van der Waals surface area contributed by atoms with Gasteiger partial charge in [-0.05, 0) is 56.2 Å². The molecule has 0 aliphatic rings. The summed E-state index contributed by atoms with van der Waals surface area (Å²) in [4.78, 5) is 14.4. The molecular formula is C18H22N2O. The number of hydrogen-bond acceptors (Lipinski definition) is 2. The van der Waals surface area contributed by atoms with Crippen molar-refractivity contribution in [2.24, 2.45) is 0 Å². The number of amides is 1. The van der Waals surface area contributed by atoms with Gasteiger partial charge in [-0.3, -0.25) is 4.79 Å². The molecule has 0 aromatic heterocycles. The van der Waals surface area contributed by atoms with E-state index in [-0.39, 0.29) is 5.91 Å². The van der Waals surface area contributed by atoms with E-state index in [4.69, 9.17) is 0 Å². The highest BCUT2D eigenvalue weighted by atomic mass is 16.2. The van der Waals surface area contributed by atoms with Crippen molar-refractivity contribution in [1.29, 1.82) is 0 Å². The Kier molecular flexibility index (Phi) is 4.32. The van der Waals surface area contributed by atoms with Crippen LogP contribution in [0.2, 0.25) is 0 Å². The molecule has 0 saturated heterocycles. The number of aryl methyl sites for hydroxylation is 3. The Morgan fingerprint density at radius 2 is 1.71 bits per heavy atom. The first kappa shape index (κ1) is 15.1. The van der Waals surface area contributed by atoms with E-state index >= 15 is 0 Å². The van der Waals surface area contributed by atoms with E-state index in [0.717, 1.165) is 22.5 Å². The third-order valence-corrected chi connectivity index (χ3v) is 3.76. The number of hydrogen-bond donors (Lipinski definition) is 1. The Balaban J connectivity index is 2.32. The summed E-state index contributed by atoms with van der Waals surface area (Å²) in [5, 5.41) is 3.11. The second-order valence-corrected chi connectivity index (χ2v) is 5.43. The monoisotopic (exact) mass is 282 g/mol. The zero-order valence-electron chi connectivity index (χ0n) is 13.3. The summed E-state index contributed by atoms with van der Waals surface area (Å²) in [6.45, 7) is 6.08. The van der Waals surface area contributed by atoms with Gasteiger partial charge in [-0.15, -0.1) is 0 Å². The number of nitrogens with zero attached hydrogens (tertiary/aromatic N) is 1. The molecule has 2 aromatic carbocycles. The molecule has 3 nitrogen and oxygen atoms in total. The van der Waals surface area contributed by atoms with Crippen molar-refractivity contribution < 1.29 is 4.79 Å². The first-order chi connectivity index (χ1) is 9.93. The minimum Gasteiger partial charge on any atom is -0.388 e. The number of carbonyl (C=O) groups is 1. The Labute approximate surface area is 126 Å². The van der Waals surface area contributed by atoms with E-state index < -0.39 is 0 Å². The number of rotatable bonds is 3. The van der Waals surface area contributed by atoms with Crippen molar-refractivity contribution in [2.75, 3.05) is 24.3 Å². The first-order valence-corrected chi connectivity index (χ1v) is 7.07. The van der Waals surface area contributed by atoms with Gasteiger partial charge in [0.25, 0.3) is 5.91 Å². The van der Waals surface area contributed by atoms with E-state index in [1.54, 1.807) is 4.90 Å². The van der Waals surface area contributed by atoms with Gasteiger partial charge in [-0.2, -0.15) is 0 Å². The van der Waals surface area contributed by atoms with Crippen LogP contribution in [0.1, 0.15) is 27.0 Å². The lowest BCUT2D eigenvalue weighted by atomic mass is 10.1. The fourth-order valence-electron chi connectivity index (χ4n) is 2.56. The largest absolute Gasteiger partial charge is 0.388 e. The van der Waals surface area contributed by atoms with Gasteiger partial charge in [-0.25, -0.2) is 0 Å². The molecule has 2 aromatic rings. The molecule has 1 N–H and O–H groups in total. The summed E-state index contributed by atoms with van der Waals surface area (Å²) in [5.41, 5.74) is 6.06. The lowest BCUT2D eigenvalue weighted by molar-refractivity contribution is 0.0993. The maximum Gasteiger partial charge on any atom is 0.258 e. The highest BCUT2D eigenvalue weighted by Gasteiger charge is 2.15. The zero-order valence-corrected chi connectivity index (χ0v) is 13.3. The average molecular weight is 282 g/mol. The lowest BCUT2D eigenvalue weighted by Crippen LogP contribution is -2.27. The number of anilines is 2. The van der Waals surface area contributed by atoms with Gasteiger partial charge in [0, 0.05) is 31.0 Å². The lowest BCUT2D eigenvalue weighted by Gasteiger charge is -2.20. The highest BCUT2D eigenvalue weighted by Crippen LogP contribution is 2.23. The molecule has 3 heteroatoms. The molecular weight excluding hydrogens is 260 g/mol. The molecule has 0 saturated carbocycles. The second-order valence-electron chi connectivity index (χ2n) is 5.43. The van der Waals surface area contributed by atoms with E-state index in [9.17, 15) is 4.79 Å². The number of nitrogens with one attached hydrogen (secondary N) is 1. The normalized spacial score (nSPS) is 10.3. The molecule has 0 bridgehead atoms. The molecule has 110 valence electrons. The Morgan fingerprint density at radius 3 is 2.29 bits per heavy atom. The SMILES string of the molecule is CNc1ccc(C(=O)N(C)c2ccc(C)cc2C)cc1C. The smallest absolute Gasteiger partial charge is 0.258 e. The molecule has 0 unspecified atom stereocenters. The van der Waals surface area contributed by atoms with Crippen LogP contribution in [-0.2, 0) is 0 Å². The molecule has 21 heavy (non-hydrogen) atoms. The molecule has 0 spiro atoms. The summed E-state index contributed by atoms with van der Waals surface area (Å²) in [7, 11) is 3.70. The predicted molar refractivity (Wildman–Crippen MR) is 89.4 cm³/mol. The fourth-order valence-corrected chi connectivity index (χ4v) is 2.56. The van der Waals surface area contributed by atoms with Crippen molar-refractivity contribution in [2.45, 2.75) is 20.8 Å². The summed E-state index contributed by atoms with van der Waals surface area (Å²) in [5.74, 6) is 0.00714. The number of benzene rings is 2. The number of carbonyl (C=O) groups excluding carboxylic acids is 1. The van der Waals surface area contributed by atoms with Gasteiger partial charge in [0.15, 0.2) is 0 Å². The third-order valence-electron chi connectivity index (χ3n) is 3.76. The second kappa shape index (κ2) is 6.00. The average Bonchev–Trinajstić information content (AvgIpc) is 2.45. The summed E-state index contributed by atoms with van der Waals surface area (Å²) >= 11 is 0. The van der Waals surface area contributed by atoms with E-state index in [0.29, 0.717) is 5.56 Å². The van der Waals surface area contributed by atoms with Crippen LogP contribution in [0.4, 0.5) is 11.4 Å². The van der Waals surface area contributed by atoms with E-state index in [2.05, 4.69) is 18.3 Å². The van der Waals surface area contributed by atoms with Crippen LogP contribution >= 0.6 is 0 Å². The van der Waals surface area contributed by atoms with Crippen LogP contribution in [0.3, 0.4) is 0 Å². The van der Waals surface area contributed by atoms with Crippen molar-refractivity contribution in [3.63, 3.8) is 0 Å². The molecule has 0 radical (unpaired) electrons. The van der Waals surface area contributed by atoms with Gasteiger partial charge in [0.05, 0.1) is 0 Å². The van der Waals surface area contributed by atoms with E-state index in [1.165, 1.54) is 5.56 Å². The third kappa shape index (κ3) is 3.07. The van der Waals surface area contributed by atoms with E-state index in [1.807, 2.05) is 58.3 Å². The Hall–Kier alpha value is -2.29. The topological polar surface area (TPSA) is 32.3 Å². The molecule has 0 atom stereocenters. The van der Waals surface area contributed by atoms with Crippen LogP contribution < -0.4 is 10.2 Å². The summed E-state index contributed by atoms with van der Waals surface area (Å²) in [6.07, 6.45) is 0. The molecule has 2 rings (SSSR count). The van der Waals surface area contributed by atoms with Gasteiger partial charge < -0.3 is 10.2 Å². The van der Waals surface area contributed by atoms with Gasteiger partial charge in [0.2, 0.25) is 0 Å². The van der Waals surface area contributed by atoms with Crippen LogP contribution in [-0.4, -0.2) is 20.0 Å².